The summed E-state index contributed by atoms with van der Waals surface area (Å²) in [5.41, 5.74) is -0.232. The highest BCUT2D eigenvalue weighted by Crippen LogP contribution is 2.42. The highest BCUT2D eigenvalue weighted by molar-refractivity contribution is 7.91. The third-order valence-electron chi connectivity index (χ3n) is 5.94. The molecule has 1 N–H and O–H groups in total. The minimum Gasteiger partial charge on any atom is -0.337 e. The molecular weight excluding hydrogens is 402 g/mol. The molecule has 3 heterocycles. The first-order chi connectivity index (χ1) is 13.3. The van der Waals surface area contributed by atoms with Crippen LogP contribution in [0.15, 0.2) is 11.4 Å². The number of imide groups is 1. The second-order valence-electron chi connectivity index (χ2n) is 7.57. The van der Waals surface area contributed by atoms with Gasteiger partial charge >= 0.3 is 6.03 Å². The molecule has 0 radical (unpaired) electrons. The van der Waals surface area contributed by atoms with E-state index >= 15 is 0 Å². The zero-order chi connectivity index (χ0) is 20.1. The van der Waals surface area contributed by atoms with E-state index in [1.807, 2.05) is 11.4 Å². The molecule has 2 fully saturated rings. The molecule has 4 rings (SSSR count). The van der Waals surface area contributed by atoms with Gasteiger partial charge in [0.1, 0.15) is 12.1 Å². The van der Waals surface area contributed by atoms with E-state index in [0.29, 0.717) is 19.4 Å². The smallest absolute Gasteiger partial charge is 0.325 e. The molecular formula is C18H23N3O5S2. The monoisotopic (exact) mass is 425 g/mol. The maximum absolute atomic E-state index is 13.2. The van der Waals surface area contributed by atoms with Gasteiger partial charge < -0.3 is 10.2 Å². The number of hydrogen-bond acceptors (Lipinski definition) is 6. The van der Waals surface area contributed by atoms with Crippen molar-refractivity contribution >= 4 is 39.0 Å². The number of sulfone groups is 1. The maximum atomic E-state index is 13.2. The van der Waals surface area contributed by atoms with Gasteiger partial charge in [0.25, 0.3) is 5.91 Å². The number of likely N-dealkylation sites (N-methyl/N-ethyl adjacent to an activating group) is 1. The van der Waals surface area contributed by atoms with Gasteiger partial charge in [-0.2, -0.15) is 0 Å². The van der Waals surface area contributed by atoms with E-state index in [-0.39, 0.29) is 24.0 Å². The standard InChI is InChI=1S/C18H23N3O5S2/c1-2-20(12-6-9-28(25,26)11-12)15(22)10-21-16(23)18(19-17(21)24)7-3-4-14-13(18)5-8-27-14/h5,8,12H,2-4,6-7,9-11H2,1H3,(H,19,24). The van der Waals surface area contributed by atoms with Gasteiger partial charge in [0.05, 0.1) is 11.5 Å². The van der Waals surface area contributed by atoms with Gasteiger partial charge in [-0.3, -0.25) is 14.5 Å². The van der Waals surface area contributed by atoms with Crippen LogP contribution in [0.2, 0.25) is 0 Å². The van der Waals surface area contributed by atoms with Gasteiger partial charge in [0.2, 0.25) is 5.91 Å². The van der Waals surface area contributed by atoms with E-state index < -0.39 is 33.4 Å². The molecule has 0 aromatic carbocycles. The molecule has 2 unspecified atom stereocenters. The van der Waals surface area contributed by atoms with E-state index in [9.17, 15) is 22.8 Å². The van der Waals surface area contributed by atoms with Crippen molar-refractivity contribution in [1.29, 1.82) is 0 Å². The first-order valence-corrected chi connectivity index (χ1v) is 12.2. The number of nitrogens with zero attached hydrogens (tertiary/aromatic N) is 2. The minimum absolute atomic E-state index is 0.0606. The first-order valence-electron chi connectivity index (χ1n) is 9.48. The van der Waals surface area contributed by atoms with Gasteiger partial charge in [-0.15, -0.1) is 11.3 Å². The third-order valence-corrected chi connectivity index (χ3v) is 8.67. The number of carbonyl (C=O) groups excluding carboxylic acids is 3. The summed E-state index contributed by atoms with van der Waals surface area (Å²) in [6, 6.07) is 0.924. The minimum atomic E-state index is -3.13. The van der Waals surface area contributed by atoms with Crippen molar-refractivity contribution in [2.24, 2.45) is 0 Å². The largest absolute Gasteiger partial charge is 0.337 e. The Morgan fingerprint density at radius 1 is 1.43 bits per heavy atom. The van der Waals surface area contributed by atoms with Crippen molar-refractivity contribution in [3.63, 3.8) is 0 Å². The predicted molar refractivity (Wildman–Crippen MR) is 104 cm³/mol. The Balaban J connectivity index is 1.54. The lowest BCUT2D eigenvalue weighted by Crippen LogP contribution is -2.49. The van der Waals surface area contributed by atoms with Gasteiger partial charge in [0, 0.05) is 23.0 Å². The average Bonchev–Trinajstić information content (AvgIpc) is 3.31. The molecule has 1 aromatic heterocycles. The lowest BCUT2D eigenvalue weighted by atomic mass is 9.80. The molecule has 2 aliphatic heterocycles. The number of thiophene rings is 1. The molecule has 1 aliphatic carbocycles. The number of carbonyl (C=O) groups is 3. The SMILES string of the molecule is CCN(C(=O)CN1C(=O)NC2(CCCc3sccc32)C1=O)C1CCS(=O)(=O)C1. The summed E-state index contributed by atoms with van der Waals surface area (Å²) in [7, 11) is -3.13. The second-order valence-corrected chi connectivity index (χ2v) is 10.8. The van der Waals surface area contributed by atoms with Crippen molar-refractivity contribution in [3.8, 4) is 0 Å². The molecule has 28 heavy (non-hydrogen) atoms. The van der Waals surface area contributed by atoms with Crippen LogP contribution < -0.4 is 5.32 Å². The zero-order valence-corrected chi connectivity index (χ0v) is 17.3. The number of fused-ring (bicyclic) bond motifs is 2. The Hall–Kier alpha value is -1.94. The molecule has 152 valence electrons. The highest BCUT2D eigenvalue weighted by atomic mass is 32.2. The topological polar surface area (TPSA) is 104 Å². The summed E-state index contributed by atoms with van der Waals surface area (Å²) in [4.78, 5) is 42.2. The second kappa shape index (κ2) is 6.84. The van der Waals surface area contributed by atoms with Crippen LogP contribution in [0.3, 0.4) is 0 Å². The molecule has 0 bridgehead atoms. The van der Waals surface area contributed by atoms with E-state index in [0.717, 1.165) is 28.2 Å². The van der Waals surface area contributed by atoms with Crippen LogP contribution in [0, 0.1) is 0 Å². The molecule has 4 amide bonds. The molecule has 8 nitrogen and oxygen atoms in total. The van der Waals surface area contributed by atoms with Gasteiger partial charge in [-0.05, 0) is 44.1 Å². The van der Waals surface area contributed by atoms with E-state index in [1.165, 1.54) is 4.90 Å². The summed E-state index contributed by atoms with van der Waals surface area (Å²) < 4.78 is 23.5. The molecule has 10 heteroatoms. The third kappa shape index (κ3) is 3.02. The number of urea groups is 1. The first kappa shape index (κ1) is 19.4. The zero-order valence-electron chi connectivity index (χ0n) is 15.6. The van der Waals surface area contributed by atoms with Crippen LogP contribution in [0.25, 0.3) is 0 Å². The number of nitrogens with one attached hydrogen (secondary N) is 1. The van der Waals surface area contributed by atoms with Crippen molar-refractivity contribution in [3.05, 3.63) is 21.9 Å². The number of hydrogen-bond donors (Lipinski definition) is 1. The Labute approximate surface area is 167 Å². The number of amides is 4. The molecule has 0 saturated carbocycles. The summed E-state index contributed by atoms with van der Waals surface area (Å²) in [6.07, 6.45) is 2.59. The lowest BCUT2D eigenvalue weighted by Gasteiger charge is -2.31. The Morgan fingerprint density at radius 3 is 2.89 bits per heavy atom. The Bertz CT molecular complexity index is 941. The van der Waals surface area contributed by atoms with Crippen LogP contribution in [0.5, 0.6) is 0 Å². The van der Waals surface area contributed by atoms with E-state index in [2.05, 4.69) is 5.32 Å². The normalized spacial score (nSPS) is 28.5. The number of rotatable bonds is 4. The average molecular weight is 426 g/mol. The van der Waals surface area contributed by atoms with Crippen molar-refractivity contribution < 1.29 is 22.8 Å². The summed E-state index contributed by atoms with van der Waals surface area (Å²) in [6.45, 7) is 1.74. The maximum Gasteiger partial charge on any atom is 0.325 e. The fraction of sp³-hybridized carbons (Fsp3) is 0.611. The van der Waals surface area contributed by atoms with Crippen molar-refractivity contribution in [2.75, 3.05) is 24.6 Å². The Morgan fingerprint density at radius 2 is 2.21 bits per heavy atom. The lowest BCUT2D eigenvalue weighted by molar-refractivity contribution is -0.140. The number of aryl methyl sites for hydroxylation is 1. The fourth-order valence-electron chi connectivity index (χ4n) is 4.57. The summed E-state index contributed by atoms with van der Waals surface area (Å²) in [5, 5.41) is 4.75. The summed E-state index contributed by atoms with van der Waals surface area (Å²) in [5.74, 6) is -0.782. The Kier molecular flexibility index (Phi) is 4.73. The van der Waals surface area contributed by atoms with E-state index in [4.69, 9.17) is 0 Å². The van der Waals surface area contributed by atoms with Gasteiger partial charge in [0.15, 0.2) is 9.84 Å². The fourth-order valence-corrected chi connectivity index (χ4v) is 7.30. The van der Waals surface area contributed by atoms with Crippen LogP contribution in [0.1, 0.15) is 36.6 Å². The molecule has 1 spiro atoms. The molecule has 2 saturated heterocycles. The van der Waals surface area contributed by atoms with Crippen molar-refractivity contribution in [2.45, 2.75) is 44.2 Å². The van der Waals surface area contributed by atoms with Gasteiger partial charge in [-0.25, -0.2) is 13.2 Å². The van der Waals surface area contributed by atoms with Crippen LogP contribution >= 0.6 is 11.3 Å². The van der Waals surface area contributed by atoms with Gasteiger partial charge in [-0.1, -0.05) is 0 Å². The van der Waals surface area contributed by atoms with Crippen LogP contribution in [0.4, 0.5) is 4.79 Å². The highest BCUT2D eigenvalue weighted by Gasteiger charge is 2.55. The summed E-state index contributed by atoms with van der Waals surface area (Å²) >= 11 is 1.58. The van der Waals surface area contributed by atoms with Crippen molar-refractivity contribution in [1.82, 2.24) is 15.1 Å². The molecule has 1 aromatic rings. The molecule has 3 aliphatic rings. The van der Waals surface area contributed by atoms with E-state index in [1.54, 1.807) is 18.3 Å². The molecule has 2 atom stereocenters. The predicted octanol–water partition coefficient (Wildman–Crippen LogP) is 0.867. The van der Waals surface area contributed by atoms with Crippen LogP contribution in [-0.4, -0.2) is 66.7 Å². The van der Waals surface area contributed by atoms with Crippen LogP contribution in [-0.2, 0) is 31.4 Å². The quantitative estimate of drug-likeness (QED) is 0.721.